The average Bonchev–Trinajstić information content (AvgIpc) is 2.77. The average molecular weight is 326 g/mol. The quantitative estimate of drug-likeness (QED) is 0.834. The molecule has 2 rings (SSSR count). The Bertz CT molecular complexity index is 880. The second-order valence-corrected chi connectivity index (χ2v) is 7.08. The van der Waals surface area contributed by atoms with E-state index in [9.17, 15) is 22.4 Å². The van der Waals surface area contributed by atoms with Crippen LogP contribution in [0.5, 0.6) is 0 Å². The molecule has 0 fully saturated rings. The molecule has 6 nitrogen and oxygen atoms in total. The molecule has 1 heterocycles. The molecule has 2 aromatic rings. The van der Waals surface area contributed by atoms with Gasteiger partial charge in [0.2, 0.25) is 0 Å². The molecule has 0 spiro atoms. The van der Waals surface area contributed by atoms with Crippen LogP contribution < -0.4 is 5.56 Å². The number of hydrogen-bond donors (Lipinski definition) is 1. The minimum Gasteiger partial charge on any atom is -0.302 e. The van der Waals surface area contributed by atoms with Gasteiger partial charge in [-0.05, 0) is 30.7 Å². The van der Waals surface area contributed by atoms with E-state index >= 15 is 0 Å². The van der Waals surface area contributed by atoms with Crippen LogP contribution in [-0.2, 0) is 22.1 Å². The maximum Gasteiger partial charge on any atom is 0.277 e. The van der Waals surface area contributed by atoms with E-state index in [4.69, 9.17) is 0 Å². The van der Waals surface area contributed by atoms with Crippen LogP contribution in [0.3, 0.4) is 0 Å². The minimum atomic E-state index is -3.45. The summed E-state index contributed by atoms with van der Waals surface area (Å²) in [6.07, 6.45) is 2.26. The smallest absolute Gasteiger partial charge is 0.277 e. The van der Waals surface area contributed by atoms with Crippen LogP contribution in [0, 0.1) is 5.82 Å². The van der Waals surface area contributed by atoms with E-state index in [1.54, 1.807) is 6.92 Å². The number of benzene rings is 1. The fourth-order valence-corrected chi connectivity index (χ4v) is 2.94. The Morgan fingerprint density at radius 2 is 2.00 bits per heavy atom. The first-order chi connectivity index (χ1) is 10.2. The van der Waals surface area contributed by atoms with Crippen LogP contribution in [-0.4, -0.2) is 30.2 Å². The molecule has 0 atom stereocenters. The van der Waals surface area contributed by atoms with Gasteiger partial charge in [0, 0.05) is 24.6 Å². The number of nitrogens with one attached hydrogen (secondary N) is 1. The van der Waals surface area contributed by atoms with Gasteiger partial charge in [-0.15, -0.1) is 0 Å². The Kier molecular flexibility index (Phi) is 4.32. The Labute approximate surface area is 126 Å². The molecule has 0 saturated carbocycles. The molecule has 1 aromatic carbocycles. The number of halogens is 1. The highest BCUT2D eigenvalue weighted by molar-refractivity contribution is 7.89. The van der Waals surface area contributed by atoms with Gasteiger partial charge in [0.1, 0.15) is 11.4 Å². The monoisotopic (exact) mass is 326 g/mol. The first-order valence-electron chi connectivity index (χ1n) is 6.52. The number of rotatable bonds is 5. The molecule has 1 aromatic heterocycles. The molecule has 0 amide bonds. The van der Waals surface area contributed by atoms with E-state index in [1.165, 1.54) is 16.9 Å². The highest BCUT2D eigenvalue weighted by Crippen LogP contribution is 2.17. The summed E-state index contributed by atoms with van der Waals surface area (Å²) in [7, 11) is -3.45. The molecular weight excluding hydrogens is 311 g/mol. The van der Waals surface area contributed by atoms with Crippen molar-refractivity contribution in [2.75, 3.05) is 6.26 Å². The van der Waals surface area contributed by atoms with Crippen molar-refractivity contribution >= 4 is 15.6 Å². The van der Waals surface area contributed by atoms with E-state index in [0.717, 1.165) is 18.4 Å². The zero-order chi connectivity index (χ0) is 16.5. The predicted molar refractivity (Wildman–Crippen MR) is 79.1 cm³/mol. The van der Waals surface area contributed by atoms with Crippen LogP contribution in [0.1, 0.15) is 28.4 Å². The van der Waals surface area contributed by atoms with E-state index in [2.05, 4.69) is 5.10 Å². The minimum absolute atomic E-state index is 0.00572. The Morgan fingerprint density at radius 1 is 1.32 bits per heavy atom. The van der Waals surface area contributed by atoms with Gasteiger partial charge in [-0.3, -0.25) is 14.3 Å². The lowest BCUT2D eigenvalue weighted by molar-refractivity contribution is 0.103. The lowest BCUT2D eigenvalue weighted by Crippen LogP contribution is -2.22. The van der Waals surface area contributed by atoms with E-state index in [1.807, 2.05) is 0 Å². The number of H-pyrrole nitrogens is 1. The highest BCUT2D eigenvalue weighted by Gasteiger charge is 2.21. The molecule has 0 saturated heterocycles. The molecular formula is C14H15FN2O4S. The zero-order valence-corrected chi connectivity index (χ0v) is 12.9. The standard InChI is InChI=1S/C14H15FN2O4S/c1-3-17-14(19)12(7-16-17)13(18)11-5-4-10(15)6-9(11)8-22(2,20)21/h4-7,16H,3,8H2,1-2H3. The van der Waals surface area contributed by atoms with Gasteiger partial charge in [0.25, 0.3) is 5.56 Å². The number of sulfone groups is 1. The van der Waals surface area contributed by atoms with Crippen LogP contribution >= 0.6 is 0 Å². The van der Waals surface area contributed by atoms with Gasteiger partial charge >= 0.3 is 0 Å². The topological polar surface area (TPSA) is 89.0 Å². The molecule has 0 radical (unpaired) electrons. The second-order valence-electron chi connectivity index (χ2n) is 4.94. The number of carbonyl (C=O) groups is 1. The molecule has 0 aliphatic heterocycles. The fraction of sp³-hybridized carbons (Fsp3) is 0.286. The van der Waals surface area contributed by atoms with Crippen molar-refractivity contribution in [2.24, 2.45) is 0 Å². The zero-order valence-electron chi connectivity index (χ0n) is 12.1. The maximum absolute atomic E-state index is 13.3. The number of ketones is 1. The second kappa shape index (κ2) is 5.88. The third-order valence-corrected chi connectivity index (χ3v) is 3.97. The lowest BCUT2D eigenvalue weighted by Gasteiger charge is -2.07. The Hall–Kier alpha value is -2.22. The van der Waals surface area contributed by atoms with Gasteiger partial charge in [-0.25, -0.2) is 12.8 Å². The summed E-state index contributed by atoms with van der Waals surface area (Å²) in [6, 6.07) is 3.25. The van der Waals surface area contributed by atoms with Crippen molar-refractivity contribution in [3.63, 3.8) is 0 Å². The van der Waals surface area contributed by atoms with Gasteiger partial charge in [0.15, 0.2) is 15.6 Å². The van der Waals surface area contributed by atoms with E-state index in [0.29, 0.717) is 6.54 Å². The van der Waals surface area contributed by atoms with Crippen molar-refractivity contribution < 1.29 is 17.6 Å². The number of carbonyl (C=O) groups excluding carboxylic acids is 1. The summed E-state index contributed by atoms with van der Waals surface area (Å²) >= 11 is 0. The molecule has 1 N–H and O–H groups in total. The Balaban J connectivity index is 2.54. The third kappa shape index (κ3) is 3.33. The largest absolute Gasteiger partial charge is 0.302 e. The van der Waals surface area contributed by atoms with Crippen molar-refractivity contribution in [2.45, 2.75) is 19.2 Å². The molecule has 0 aliphatic rings. The van der Waals surface area contributed by atoms with Crippen molar-refractivity contribution in [1.82, 2.24) is 9.78 Å². The van der Waals surface area contributed by atoms with Crippen molar-refractivity contribution in [1.29, 1.82) is 0 Å². The summed E-state index contributed by atoms with van der Waals surface area (Å²) in [5, 5.41) is 2.64. The molecule has 0 aliphatic carbocycles. The van der Waals surface area contributed by atoms with Gasteiger partial charge in [-0.2, -0.15) is 0 Å². The summed E-state index contributed by atoms with van der Waals surface area (Å²) in [5.74, 6) is -1.75. The van der Waals surface area contributed by atoms with Crippen molar-refractivity contribution in [3.8, 4) is 0 Å². The van der Waals surface area contributed by atoms with Crippen LogP contribution in [0.2, 0.25) is 0 Å². The number of nitrogens with zero attached hydrogens (tertiary/aromatic N) is 1. The number of aromatic amines is 1. The molecule has 0 bridgehead atoms. The van der Waals surface area contributed by atoms with Crippen LogP contribution in [0.4, 0.5) is 4.39 Å². The summed E-state index contributed by atoms with van der Waals surface area (Å²) in [5.41, 5.74) is -0.562. The Morgan fingerprint density at radius 3 is 2.55 bits per heavy atom. The SMILES string of the molecule is CCn1[nH]cc(C(=O)c2ccc(F)cc2CS(C)(=O)=O)c1=O. The fourth-order valence-electron chi connectivity index (χ4n) is 2.14. The molecule has 0 unspecified atom stereocenters. The normalized spacial score (nSPS) is 11.6. The van der Waals surface area contributed by atoms with E-state index < -0.39 is 32.7 Å². The summed E-state index contributed by atoms with van der Waals surface area (Å²) in [4.78, 5) is 24.5. The van der Waals surface area contributed by atoms with Gasteiger partial charge < -0.3 is 5.10 Å². The highest BCUT2D eigenvalue weighted by atomic mass is 32.2. The van der Waals surface area contributed by atoms with Crippen molar-refractivity contribution in [3.05, 3.63) is 57.3 Å². The summed E-state index contributed by atoms with van der Waals surface area (Å²) < 4.78 is 37.5. The number of hydrogen-bond acceptors (Lipinski definition) is 4. The van der Waals surface area contributed by atoms with Gasteiger partial charge in [-0.1, -0.05) is 0 Å². The molecule has 8 heteroatoms. The van der Waals surface area contributed by atoms with Crippen LogP contribution in [0.25, 0.3) is 0 Å². The van der Waals surface area contributed by atoms with E-state index in [-0.39, 0.29) is 16.7 Å². The molecule has 118 valence electrons. The van der Waals surface area contributed by atoms with Gasteiger partial charge in [0.05, 0.1) is 5.75 Å². The lowest BCUT2D eigenvalue weighted by atomic mass is 10.0. The predicted octanol–water partition coefficient (Wildman–Crippen LogP) is 1.11. The number of aromatic nitrogens is 2. The first-order valence-corrected chi connectivity index (χ1v) is 8.58. The first kappa shape index (κ1) is 16.2. The third-order valence-electron chi connectivity index (χ3n) is 3.13. The number of aryl methyl sites for hydroxylation is 1. The maximum atomic E-state index is 13.3. The van der Waals surface area contributed by atoms with Crippen LogP contribution in [0.15, 0.2) is 29.2 Å². The summed E-state index contributed by atoms with van der Waals surface area (Å²) in [6.45, 7) is 2.10. The molecule has 22 heavy (non-hydrogen) atoms.